The fraction of sp³-hybridized carbons (Fsp3) is 0.556. The molecule has 1 aromatic carbocycles. The number of likely N-dealkylation sites (tertiary alicyclic amines) is 1. The van der Waals surface area contributed by atoms with E-state index < -0.39 is 0 Å². The molecule has 2 atom stereocenters. The largest absolute Gasteiger partial charge is 0.454 e. The standard InChI is InChI=1S/C18H22N4O3/c1-23-13-7-14(18-19-17(20-21-18)11-5-6-11)22(9-13)8-12-3-2-4-15-16(12)25-10-24-15/h2-4,11,13-14H,5-10H2,1H3,(H,19,20,21)/t13-,14+/m1/s1. The van der Waals surface area contributed by atoms with Gasteiger partial charge in [-0.05, 0) is 25.3 Å². The molecule has 7 heteroatoms. The Morgan fingerprint density at radius 3 is 3.08 bits per heavy atom. The number of nitrogens with one attached hydrogen (secondary N) is 1. The molecular weight excluding hydrogens is 320 g/mol. The molecule has 1 saturated carbocycles. The Hall–Kier alpha value is -2.12. The van der Waals surface area contributed by atoms with Crippen molar-refractivity contribution in [3.63, 3.8) is 0 Å². The van der Waals surface area contributed by atoms with Gasteiger partial charge >= 0.3 is 0 Å². The first-order valence-corrected chi connectivity index (χ1v) is 8.88. The van der Waals surface area contributed by atoms with Gasteiger partial charge in [0.15, 0.2) is 17.3 Å². The molecule has 25 heavy (non-hydrogen) atoms. The molecule has 7 nitrogen and oxygen atoms in total. The van der Waals surface area contributed by atoms with E-state index in [1.165, 1.54) is 12.8 Å². The average Bonchev–Trinajstić information content (AvgIpc) is 3.03. The van der Waals surface area contributed by atoms with Crippen LogP contribution < -0.4 is 9.47 Å². The molecular formula is C18H22N4O3. The van der Waals surface area contributed by atoms with Gasteiger partial charge in [0.25, 0.3) is 0 Å². The van der Waals surface area contributed by atoms with Crippen LogP contribution in [0, 0.1) is 0 Å². The summed E-state index contributed by atoms with van der Waals surface area (Å²) in [4.78, 5) is 7.16. The van der Waals surface area contributed by atoms with Crippen molar-refractivity contribution in [1.82, 2.24) is 20.1 Å². The minimum Gasteiger partial charge on any atom is -0.454 e. The zero-order valence-corrected chi connectivity index (χ0v) is 14.3. The lowest BCUT2D eigenvalue weighted by Crippen LogP contribution is -2.25. The Morgan fingerprint density at radius 2 is 2.24 bits per heavy atom. The molecule has 3 aliphatic rings. The lowest BCUT2D eigenvalue weighted by molar-refractivity contribution is 0.107. The van der Waals surface area contributed by atoms with E-state index in [4.69, 9.17) is 19.2 Å². The van der Waals surface area contributed by atoms with E-state index in [1.54, 1.807) is 7.11 Å². The predicted molar refractivity (Wildman–Crippen MR) is 89.5 cm³/mol. The number of hydrogen-bond donors (Lipinski definition) is 1. The Balaban J connectivity index is 1.40. The van der Waals surface area contributed by atoms with Gasteiger partial charge in [0.1, 0.15) is 5.82 Å². The van der Waals surface area contributed by atoms with E-state index >= 15 is 0 Å². The quantitative estimate of drug-likeness (QED) is 0.899. The number of hydrogen-bond acceptors (Lipinski definition) is 6. The minimum atomic E-state index is 0.183. The monoisotopic (exact) mass is 342 g/mol. The maximum Gasteiger partial charge on any atom is 0.231 e. The molecule has 1 N–H and O–H groups in total. The van der Waals surface area contributed by atoms with Gasteiger partial charge in [-0.1, -0.05) is 12.1 Å². The van der Waals surface area contributed by atoms with Crippen LogP contribution in [0.25, 0.3) is 0 Å². The molecule has 1 saturated heterocycles. The smallest absolute Gasteiger partial charge is 0.231 e. The van der Waals surface area contributed by atoms with Crippen molar-refractivity contribution in [3.8, 4) is 11.5 Å². The van der Waals surface area contributed by atoms with E-state index in [1.807, 2.05) is 12.1 Å². The van der Waals surface area contributed by atoms with Crippen LogP contribution >= 0.6 is 0 Å². The first kappa shape index (κ1) is 15.2. The molecule has 0 bridgehead atoms. The molecule has 0 spiro atoms. The summed E-state index contributed by atoms with van der Waals surface area (Å²) in [6.07, 6.45) is 3.54. The van der Waals surface area contributed by atoms with Crippen molar-refractivity contribution >= 4 is 0 Å². The first-order valence-electron chi connectivity index (χ1n) is 8.88. The molecule has 0 amide bonds. The van der Waals surface area contributed by atoms with E-state index in [-0.39, 0.29) is 12.1 Å². The summed E-state index contributed by atoms with van der Waals surface area (Å²) in [7, 11) is 1.78. The molecule has 2 aromatic rings. The maximum atomic E-state index is 5.66. The van der Waals surface area contributed by atoms with Crippen LogP contribution in [0.5, 0.6) is 11.5 Å². The SMILES string of the molecule is CO[C@@H]1C[C@@H](c2nc(C3CC3)n[nH]2)N(Cc2cccc3c2OCO3)C1. The third-order valence-electron chi connectivity index (χ3n) is 5.33. The number of aromatic amines is 1. The van der Waals surface area contributed by atoms with Crippen molar-refractivity contribution in [1.29, 1.82) is 0 Å². The molecule has 5 rings (SSSR count). The Kier molecular flexibility index (Phi) is 3.64. The van der Waals surface area contributed by atoms with Crippen molar-refractivity contribution in [3.05, 3.63) is 35.4 Å². The van der Waals surface area contributed by atoms with Gasteiger partial charge in [0.05, 0.1) is 12.1 Å². The fourth-order valence-electron chi connectivity index (χ4n) is 3.79. The topological polar surface area (TPSA) is 72.5 Å². The molecule has 1 aliphatic carbocycles. The zero-order valence-electron chi connectivity index (χ0n) is 14.3. The van der Waals surface area contributed by atoms with Crippen molar-refractivity contribution < 1.29 is 14.2 Å². The Labute approximate surface area is 146 Å². The summed E-state index contributed by atoms with van der Waals surface area (Å²) >= 11 is 0. The molecule has 1 aromatic heterocycles. The van der Waals surface area contributed by atoms with Gasteiger partial charge in [-0.3, -0.25) is 10.00 Å². The van der Waals surface area contributed by atoms with Gasteiger partial charge < -0.3 is 14.2 Å². The summed E-state index contributed by atoms with van der Waals surface area (Å²) < 4.78 is 16.8. The second kappa shape index (κ2) is 6.00. The summed E-state index contributed by atoms with van der Waals surface area (Å²) in [6, 6.07) is 6.24. The lowest BCUT2D eigenvalue weighted by Gasteiger charge is -2.22. The molecule has 2 fully saturated rings. The average molecular weight is 342 g/mol. The van der Waals surface area contributed by atoms with Crippen LogP contribution in [0.15, 0.2) is 18.2 Å². The highest BCUT2D eigenvalue weighted by molar-refractivity contribution is 5.48. The molecule has 3 heterocycles. The van der Waals surface area contributed by atoms with Crippen molar-refractivity contribution in [2.24, 2.45) is 0 Å². The van der Waals surface area contributed by atoms with Gasteiger partial charge in [-0.15, -0.1) is 0 Å². The van der Waals surface area contributed by atoms with E-state index in [2.05, 4.69) is 21.2 Å². The van der Waals surface area contributed by atoms with Crippen LogP contribution in [0.2, 0.25) is 0 Å². The predicted octanol–water partition coefficient (Wildman–Crippen LogP) is 2.37. The molecule has 0 unspecified atom stereocenters. The molecule has 2 aliphatic heterocycles. The van der Waals surface area contributed by atoms with Gasteiger partial charge in [-0.2, -0.15) is 5.10 Å². The van der Waals surface area contributed by atoms with Crippen molar-refractivity contribution in [2.45, 2.75) is 43.9 Å². The minimum absolute atomic E-state index is 0.183. The van der Waals surface area contributed by atoms with Crippen LogP contribution in [0.1, 0.15) is 48.4 Å². The highest BCUT2D eigenvalue weighted by Gasteiger charge is 2.37. The Morgan fingerprint density at radius 1 is 1.32 bits per heavy atom. The lowest BCUT2D eigenvalue weighted by atomic mass is 10.1. The zero-order chi connectivity index (χ0) is 16.8. The first-order chi connectivity index (χ1) is 12.3. The number of H-pyrrole nitrogens is 1. The van der Waals surface area contributed by atoms with Gasteiger partial charge in [-0.25, -0.2) is 4.98 Å². The highest BCUT2D eigenvalue weighted by Crippen LogP contribution is 2.41. The summed E-state index contributed by atoms with van der Waals surface area (Å²) in [5.74, 6) is 4.16. The number of rotatable bonds is 5. The second-order valence-electron chi connectivity index (χ2n) is 7.04. The molecule has 0 radical (unpaired) electrons. The summed E-state index contributed by atoms with van der Waals surface area (Å²) in [5, 5.41) is 7.59. The van der Waals surface area contributed by atoms with E-state index in [0.29, 0.717) is 12.7 Å². The number of aromatic nitrogens is 3. The maximum absolute atomic E-state index is 5.66. The van der Waals surface area contributed by atoms with Crippen molar-refractivity contribution in [2.75, 3.05) is 20.4 Å². The normalized spacial score (nSPS) is 25.6. The number of nitrogens with zero attached hydrogens (tertiary/aromatic N) is 3. The third kappa shape index (κ3) is 2.77. The van der Waals surface area contributed by atoms with Crippen LogP contribution in [0.3, 0.4) is 0 Å². The molecule has 132 valence electrons. The van der Waals surface area contributed by atoms with Crippen LogP contribution in [-0.4, -0.2) is 46.6 Å². The second-order valence-corrected chi connectivity index (χ2v) is 7.04. The summed E-state index contributed by atoms with van der Waals surface area (Å²) in [6.45, 7) is 1.94. The number of benzene rings is 1. The van der Waals surface area contributed by atoms with E-state index in [0.717, 1.165) is 48.2 Å². The van der Waals surface area contributed by atoms with Gasteiger partial charge in [0, 0.05) is 31.7 Å². The Bertz CT molecular complexity index is 773. The van der Waals surface area contributed by atoms with Crippen LogP contribution in [0.4, 0.5) is 0 Å². The number of para-hydroxylation sites is 1. The summed E-state index contributed by atoms with van der Waals surface area (Å²) in [5.41, 5.74) is 1.14. The number of methoxy groups -OCH3 is 1. The van der Waals surface area contributed by atoms with E-state index in [9.17, 15) is 0 Å². The number of fused-ring (bicyclic) bond motifs is 1. The van der Waals surface area contributed by atoms with Crippen LogP contribution in [-0.2, 0) is 11.3 Å². The number of ether oxygens (including phenoxy) is 3. The third-order valence-corrected chi connectivity index (χ3v) is 5.33. The fourth-order valence-corrected chi connectivity index (χ4v) is 3.79. The highest BCUT2D eigenvalue weighted by atomic mass is 16.7. The van der Waals surface area contributed by atoms with Gasteiger partial charge in [0.2, 0.25) is 6.79 Å².